The second-order valence-corrected chi connectivity index (χ2v) is 3.53. The Bertz CT molecular complexity index is 645. The summed E-state index contributed by atoms with van der Waals surface area (Å²) in [5.41, 5.74) is 2.53. The van der Waals surface area contributed by atoms with Gasteiger partial charge in [-0.25, -0.2) is 4.39 Å². The molecule has 3 nitrogen and oxygen atoms in total. The van der Waals surface area contributed by atoms with Crippen LogP contribution in [0.5, 0.6) is 0 Å². The summed E-state index contributed by atoms with van der Waals surface area (Å²) in [7, 11) is 0. The van der Waals surface area contributed by atoms with Gasteiger partial charge in [-0.15, -0.1) is 0 Å². The summed E-state index contributed by atoms with van der Waals surface area (Å²) in [6.07, 6.45) is 5.13. The molecule has 0 atom stereocenters. The molecule has 78 valence electrons. The second-order valence-electron chi connectivity index (χ2n) is 3.53. The number of nitrogens with one attached hydrogen (secondary N) is 1. The summed E-state index contributed by atoms with van der Waals surface area (Å²) < 4.78 is 13.1. The number of H-pyrrole nitrogens is 1. The van der Waals surface area contributed by atoms with Crippen LogP contribution in [-0.4, -0.2) is 15.2 Å². The van der Waals surface area contributed by atoms with Gasteiger partial charge in [0, 0.05) is 23.3 Å². The van der Waals surface area contributed by atoms with Gasteiger partial charge in [0.05, 0.1) is 11.7 Å². The van der Waals surface area contributed by atoms with Crippen LogP contribution in [0, 0.1) is 5.82 Å². The largest absolute Gasteiger partial charge is 0.277 e. The summed E-state index contributed by atoms with van der Waals surface area (Å²) in [6, 6.07) is 6.43. The van der Waals surface area contributed by atoms with E-state index in [1.807, 2.05) is 6.07 Å². The molecule has 0 aliphatic carbocycles. The van der Waals surface area contributed by atoms with Crippen LogP contribution in [0.4, 0.5) is 4.39 Å². The van der Waals surface area contributed by atoms with Crippen LogP contribution >= 0.6 is 0 Å². The van der Waals surface area contributed by atoms with Crippen molar-refractivity contribution < 1.29 is 4.39 Å². The Balaban J connectivity index is 2.29. The van der Waals surface area contributed by atoms with E-state index in [9.17, 15) is 4.39 Å². The van der Waals surface area contributed by atoms with Crippen LogP contribution in [0.25, 0.3) is 22.0 Å². The van der Waals surface area contributed by atoms with Crippen LogP contribution in [0.15, 0.2) is 42.9 Å². The average Bonchev–Trinajstić information content (AvgIpc) is 2.76. The number of pyridine rings is 1. The number of aromatic amines is 1. The zero-order valence-electron chi connectivity index (χ0n) is 8.31. The van der Waals surface area contributed by atoms with Crippen LogP contribution in [0.1, 0.15) is 0 Å². The van der Waals surface area contributed by atoms with Gasteiger partial charge in [0.2, 0.25) is 0 Å². The highest BCUT2D eigenvalue weighted by Gasteiger charge is 2.06. The fourth-order valence-corrected chi connectivity index (χ4v) is 1.74. The van der Waals surface area contributed by atoms with Gasteiger partial charge in [-0.3, -0.25) is 10.1 Å². The van der Waals surface area contributed by atoms with Crippen molar-refractivity contribution >= 4 is 10.9 Å². The predicted molar refractivity (Wildman–Crippen MR) is 59.3 cm³/mol. The zero-order chi connectivity index (χ0) is 11.0. The fraction of sp³-hybridized carbons (Fsp3) is 0. The van der Waals surface area contributed by atoms with Crippen LogP contribution in [-0.2, 0) is 0 Å². The number of aromatic nitrogens is 3. The molecule has 2 aromatic heterocycles. The lowest BCUT2D eigenvalue weighted by molar-refractivity contribution is 0.628. The molecule has 0 saturated heterocycles. The van der Waals surface area contributed by atoms with Crippen LogP contribution in [0.2, 0.25) is 0 Å². The lowest BCUT2D eigenvalue weighted by atomic mass is 10.1. The van der Waals surface area contributed by atoms with Gasteiger partial charge in [0.25, 0.3) is 0 Å². The van der Waals surface area contributed by atoms with Gasteiger partial charge in [0.1, 0.15) is 5.82 Å². The van der Waals surface area contributed by atoms with E-state index in [1.54, 1.807) is 24.7 Å². The molecule has 1 aromatic carbocycles. The van der Waals surface area contributed by atoms with Gasteiger partial charge in [-0.1, -0.05) is 12.1 Å². The molecule has 0 radical (unpaired) electrons. The van der Waals surface area contributed by atoms with Crippen molar-refractivity contribution in [2.24, 2.45) is 0 Å². The minimum atomic E-state index is -0.256. The molecule has 0 aliphatic rings. The van der Waals surface area contributed by atoms with Crippen molar-refractivity contribution in [2.45, 2.75) is 0 Å². The summed E-state index contributed by atoms with van der Waals surface area (Å²) in [5.74, 6) is -0.256. The maximum atomic E-state index is 13.1. The van der Waals surface area contributed by atoms with Crippen LogP contribution < -0.4 is 0 Å². The standard InChI is InChI=1S/C12H8FN3/c13-10-3-1-2-8(4-10)11-7-14-5-9-6-15-16-12(9)11/h1-7H,(H,15,16). The summed E-state index contributed by atoms with van der Waals surface area (Å²) >= 11 is 0. The molecule has 3 rings (SSSR count). The molecular formula is C12H8FN3. The maximum absolute atomic E-state index is 13.1. The van der Waals surface area contributed by atoms with Gasteiger partial charge in [-0.05, 0) is 17.7 Å². The van der Waals surface area contributed by atoms with Gasteiger partial charge in [-0.2, -0.15) is 5.10 Å². The van der Waals surface area contributed by atoms with Crippen molar-refractivity contribution in [3.8, 4) is 11.1 Å². The third-order valence-corrected chi connectivity index (χ3v) is 2.49. The Hall–Kier alpha value is -2.23. The van der Waals surface area contributed by atoms with Crippen molar-refractivity contribution in [1.82, 2.24) is 15.2 Å². The lowest BCUT2D eigenvalue weighted by Gasteiger charge is -2.02. The van der Waals surface area contributed by atoms with Crippen LogP contribution in [0.3, 0.4) is 0 Å². The van der Waals surface area contributed by atoms with E-state index in [4.69, 9.17) is 0 Å². The Morgan fingerprint density at radius 1 is 1.12 bits per heavy atom. The molecule has 0 bridgehead atoms. The first-order chi connectivity index (χ1) is 7.84. The first-order valence-corrected chi connectivity index (χ1v) is 4.87. The Morgan fingerprint density at radius 2 is 2.06 bits per heavy atom. The summed E-state index contributed by atoms with van der Waals surface area (Å²) in [5, 5.41) is 7.76. The molecule has 0 amide bonds. The first kappa shape index (κ1) is 9.03. The molecule has 0 fully saturated rings. The van der Waals surface area contributed by atoms with E-state index in [-0.39, 0.29) is 5.82 Å². The predicted octanol–water partition coefficient (Wildman–Crippen LogP) is 2.76. The van der Waals surface area contributed by atoms with Crippen molar-refractivity contribution in [3.05, 3.63) is 48.7 Å². The summed E-state index contributed by atoms with van der Waals surface area (Å²) in [6.45, 7) is 0. The minimum Gasteiger partial charge on any atom is -0.277 e. The smallest absolute Gasteiger partial charge is 0.123 e. The molecule has 0 saturated carbocycles. The highest BCUT2D eigenvalue weighted by Crippen LogP contribution is 2.25. The summed E-state index contributed by atoms with van der Waals surface area (Å²) in [4.78, 5) is 4.11. The van der Waals surface area contributed by atoms with Gasteiger partial charge < -0.3 is 0 Å². The molecular weight excluding hydrogens is 205 g/mol. The highest BCUT2D eigenvalue weighted by molar-refractivity contribution is 5.92. The molecule has 16 heavy (non-hydrogen) atoms. The first-order valence-electron chi connectivity index (χ1n) is 4.87. The normalized spacial score (nSPS) is 10.8. The van der Waals surface area contributed by atoms with E-state index < -0.39 is 0 Å². The van der Waals surface area contributed by atoms with Crippen molar-refractivity contribution in [1.29, 1.82) is 0 Å². The Morgan fingerprint density at radius 3 is 2.94 bits per heavy atom. The number of halogens is 1. The number of nitrogens with zero attached hydrogens (tertiary/aromatic N) is 2. The monoisotopic (exact) mass is 213 g/mol. The Labute approximate surface area is 91.0 Å². The topological polar surface area (TPSA) is 41.6 Å². The minimum absolute atomic E-state index is 0.256. The van der Waals surface area contributed by atoms with Crippen molar-refractivity contribution in [3.63, 3.8) is 0 Å². The second kappa shape index (κ2) is 3.41. The molecule has 2 heterocycles. The number of hydrogen-bond acceptors (Lipinski definition) is 2. The van der Waals surface area contributed by atoms with E-state index >= 15 is 0 Å². The Kier molecular flexibility index (Phi) is 1.93. The number of rotatable bonds is 1. The number of hydrogen-bond donors (Lipinski definition) is 1. The van der Waals surface area contributed by atoms with Gasteiger partial charge in [0.15, 0.2) is 0 Å². The lowest BCUT2D eigenvalue weighted by Crippen LogP contribution is -1.84. The maximum Gasteiger partial charge on any atom is 0.123 e. The van der Waals surface area contributed by atoms with E-state index in [1.165, 1.54) is 12.1 Å². The van der Waals surface area contributed by atoms with Crippen molar-refractivity contribution in [2.75, 3.05) is 0 Å². The van der Waals surface area contributed by atoms with E-state index in [0.29, 0.717) is 0 Å². The fourth-order valence-electron chi connectivity index (χ4n) is 1.74. The molecule has 0 aliphatic heterocycles. The molecule has 1 N–H and O–H groups in total. The van der Waals surface area contributed by atoms with E-state index in [2.05, 4.69) is 15.2 Å². The molecule has 3 aromatic rings. The highest BCUT2D eigenvalue weighted by atomic mass is 19.1. The number of benzene rings is 1. The molecule has 0 unspecified atom stereocenters. The third-order valence-electron chi connectivity index (χ3n) is 2.49. The number of fused-ring (bicyclic) bond motifs is 1. The quantitative estimate of drug-likeness (QED) is 0.675. The average molecular weight is 213 g/mol. The SMILES string of the molecule is Fc1cccc(-c2cncc3cn[nH]c23)c1. The molecule has 0 spiro atoms. The third kappa shape index (κ3) is 1.35. The van der Waals surface area contributed by atoms with Gasteiger partial charge >= 0.3 is 0 Å². The molecule has 4 heteroatoms. The zero-order valence-corrected chi connectivity index (χ0v) is 8.31. The van der Waals surface area contributed by atoms with E-state index in [0.717, 1.165) is 22.0 Å².